The maximum absolute atomic E-state index is 11.3. The quantitative estimate of drug-likeness (QED) is 0.218. The SMILES string of the molecule is CC#C[C@@H](CC(=O)Cl)c1ccc(OCc2ccc3scc(-c4cccnc4C)c3c2)cc1. The predicted octanol–water partition coefficient (Wildman–Crippen LogP) is 7.11. The lowest BCUT2D eigenvalue weighted by Gasteiger charge is -2.11. The molecular weight excluding hydrogens is 438 g/mol. The summed E-state index contributed by atoms with van der Waals surface area (Å²) in [7, 11) is 0. The second-order valence-electron chi connectivity index (χ2n) is 7.48. The fraction of sp³-hybridized carbons (Fsp3) is 0.185. The number of carbonyl (C=O) groups is 1. The molecule has 0 saturated heterocycles. The maximum atomic E-state index is 11.3. The van der Waals surface area contributed by atoms with Gasteiger partial charge in [-0.3, -0.25) is 9.78 Å². The van der Waals surface area contributed by atoms with Crippen molar-refractivity contribution in [2.24, 2.45) is 0 Å². The van der Waals surface area contributed by atoms with Crippen LogP contribution in [0.15, 0.2) is 66.2 Å². The normalized spacial score (nSPS) is 11.6. The molecule has 0 aliphatic rings. The summed E-state index contributed by atoms with van der Waals surface area (Å²) < 4.78 is 7.27. The number of thiophene rings is 1. The Balaban J connectivity index is 1.51. The van der Waals surface area contributed by atoms with Crippen molar-refractivity contribution < 1.29 is 9.53 Å². The molecular formula is C27H22ClNO2S. The summed E-state index contributed by atoms with van der Waals surface area (Å²) in [6, 6.07) is 18.2. The Morgan fingerprint density at radius 1 is 1.16 bits per heavy atom. The number of pyridine rings is 1. The van der Waals surface area contributed by atoms with Crippen molar-refractivity contribution in [3.8, 4) is 28.7 Å². The van der Waals surface area contributed by atoms with Gasteiger partial charge in [-0.1, -0.05) is 30.2 Å². The lowest BCUT2D eigenvalue weighted by molar-refractivity contribution is -0.111. The fourth-order valence-corrected chi connectivity index (χ4v) is 4.79. The monoisotopic (exact) mass is 459 g/mol. The highest BCUT2D eigenvalue weighted by Gasteiger charge is 2.13. The van der Waals surface area contributed by atoms with Crippen molar-refractivity contribution >= 4 is 38.3 Å². The molecule has 0 aliphatic carbocycles. The standard InChI is InChI=1S/C27H22ClNO2S/c1-3-5-21(15-27(28)30)20-8-10-22(11-9-20)31-16-19-7-12-26-24(14-19)25(17-32-26)23-6-4-13-29-18(23)2/h4,6-14,17,21H,15-16H2,1-2H3/t21-/m0/s1. The molecule has 32 heavy (non-hydrogen) atoms. The Hall–Kier alpha value is -3.13. The Morgan fingerprint density at radius 2 is 1.97 bits per heavy atom. The van der Waals surface area contributed by atoms with Crippen molar-refractivity contribution in [2.75, 3.05) is 0 Å². The van der Waals surface area contributed by atoms with Gasteiger partial charge in [-0.2, -0.15) is 0 Å². The van der Waals surface area contributed by atoms with Crippen LogP contribution < -0.4 is 4.74 Å². The fourth-order valence-electron chi connectivity index (χ4n) is 3.69. The van der Waals surface area contributed by atoms with Crippen molar-refractivity contribution in [1.29, 1.82) is 0 Å². The number of ether oxygens (including phenoxy) is 1. The molecule has 1 atom stereocenters. The molecule has 0 aliphatic heterocycles. The average molecular weight is 460 g/mol. The Labute approximate surface area is 197 Å². The van der Waals surface area contributed by atoms with Gasteiger partial charge < -0.3 is 4.74 Å². The van der Waals surface area contributed by atoms with Gasteiger partial charge >= 0.3 is 0 Å². The van der Waals surface area contributed by atoms with E-state index in [9.17, 15) is 4.79 Å². The molecule has 0 N–H and O–H groups in total. The highest BCUT2D eigenvalue weighted by Crippen LogP contribution is 2.35. The van der Waals surface area contributed by atoms with Gasteiger partial charge in [0.1, 0.15) is 12.4 Å². The third kappa shape index (κ3) is 5.02. The summed E-state index contributed by atoms with van der Waals surface area (Å²) in [5, 5.41) is 3.02. The average Bonchev–Trinajstić information content (AvgIpc) is 3.21. The zero-order valence-corrected chi connectivity index (χ0v) is 19.5. The predicted molar refractivity (Wildman–Crippen MR) is 132 cm³/mol. The molecule has 3 nitrogen and oxygen atoms in total. The van der Waals surface area contributed by atoms with E-state index >= 15 is 0 Å². The number of nitrogens with zero attached hydrogens (tertiary/aromatic N) is 1. The molecule has 2 heterocycles. The number of hydrogen-bond donors (Lipinski definition) is 0. The smallest absolute Gasteiger partial charge is 0.223 e. The van der Waals surface area contributed by atoms with Crippen LogP contribution in [0.5, 0.6) is 5.75 Å². The molecule has 0 spiro atoms. The van der Waals surface area contributed by atoms with E-state index in [0.29, 0.717) is 6.61 Å². The van der Waals surface area contributed by atoms with E-state index in [1.54, 1.807) is 18.3 Å². The van der Waals surface area contributed by atoms with Crippen LogP contribution in [-0.2, 0) is 11.4 Å². The molecule has 160 valence electrons. The number of benzene rings is 2. The van der Waals surface area contributed by atoms with E-state index < -0.39 is 0 Å². The molecule has 0 saturated carbocycles. The Morgan fingerprint density at radius 3 is 2.69 bits per heavy atom. The molecule has 2 aromatic carbocycles. The van der Waals surface area contributed by atoms with Crippen LogP contribution in [0, 0.1) is 18.8 Å². The van der Waals surface area contributed by atoms with Crippen molar-refractivity contribution in [1.82, 2.24) is 4.98 Å². The summed E-state index contributed by atoms with van der Waals surface area (Å²) in [4.78, 5) is 15.7. The van der Waals surface area contributed by atoms with Crippen molar-refractivity contribution in [3.05, 3.63) is 83.0 Å². The molecule has 0 radical (unpaired) electrons. The van der Waals surface area contributed by atoms with Crippen LogP contribution in [0.25, 0.3) is 21.2 Å². The van der Waals surface area contributed by atoms with Gasteiger partial charge in [-0.05, 0) is 72.3 Å². The first-order valence-corrected chi connectivity index (χ1v) is 11.6. The molecule has 4 rings (SSSR count). The largest absolute Gasteiger partial charge is 0.489 e. The van der Waals surface area contributed by atoms with Gasteiger partial charge in [0.15, 0.2) is 0 Å². The summed E-state index contributed by atoms with van der Waals surface area (Å²) >= 11 is 7.30. The number of rotatable bonds is 7. The zero-order chi connectivity index (χ0) is 22.5. The molecule has 0 fully saturated rings. The lowest BCUT2D eigenvalue weighted by atomic mass is 9.97. The Bertz CT molecular complexity index is 1310. The topological polar surface area (TPSA) is 39.2 Å². The summed E-state index contributed by atoms with van der Waals surface area (Å²) in [6.45, 7) is 4.26. The van der Waals surface area contributed by atoms with Crippen LogP contribution in [-0.4, -0.2) is 10.2 Å². The summed E-state index contributed by atoms with van der Waals surface area (Å²) in [5.74, 6) is 6.48. The van der Waals surface area contributed by atoms with Gasteiger partial charge in [-0.25, -0.2) is 0 Å². The van der Waals surface area contributed by atoms with E-state index in [0.717, 1.165) is 28.1 Å². The second kappa shape index (κ2) is 9.99. The summed E-state index contributed by atoms with van der Waals surface area (Å²) in [6.07, 6.45) is 2.02. The van der Waals surface area contributed by atoms with Crippen LogP contribution >= 0.6 is 22.9 Å². The first-order chi connectivity index (χ1) is 15.5. The number of fused-ring (bicyclic) bond motifs is 1. The van der Waals surface area contributed by atoms with Crippen molar-refractivity contribution in [3.63, 3.8) is 0 Å². The third-order valence-corrected chi connectivity index (χ3v) is 6.42. The second-order valence-corrected chi connectivity index (χ2v) is 8.81. The minimum Gasteiger partial charge on any atom is -0.489 e. The first kappa shape index (κ1) is 22.1. The number of aryl methyl sites for hydroxylation is 1. The molecule has 0 bridgehead atoms. The van der Waals surface area contributed by atoms with Gasteiger partial charge in [0.05, 0.1) is 5.92 Å². The number of hydrogen-bond acceptors (Lipinski definition) is 4. The summed E-state index contributed by atoms with van der Waals surface area (Å²) in [5.41, 5.74) is 5.45. The third-order valence-electron chi connectivity index (χ3n) is 5.31. The van der Waals surface area contributed by atoms with Crippen LogP contribution in [0.1, 0.15) is 36.1 Å². The van der Waals surface area contributed by atoms with E-state index in [1.807, 2.05) is 43.5 Å². The van der Waals surface area contributed by atoms with E-state index in [4.69, 9.17) is 16.3 Å². The van der Waals surface area contributed by atoms with Crippen LogP contribution in [0.3, 0.4) is 0 Å². The molecule has 0 amide bonds. The zero-order valence-electron chi connectivity index (χ0n) is 17.9. The maximum Gasteiger partial charge on any atom is 0.223 e. The highest BCUT2D eigenvalue weighted by molar-refractivity contribution is 7.17. The van der Waals surface area contributed by atoms with Gasteiger partial charge in [0.25, 0.3) is 0 Å². The number of aromatic nitrogens is 1. The molecule has 4 aromatic rings. The number of carbonyl (C=O) groups excluding carboxylic acids is 1. The van der Waals surface area contributed by atoms with Crippen molar-refractivity contribution in [2.45, 2.75) is 32.8 Å². The minimum absolute atomic E-state index is 0.196. The minimum atomic E-state index is -0.386. The molecule has 2 aromatic heterocycles. The first-order valence-electron chi connectivity index (χ1n) is 10.3. The van der Waals surface area contributed by atoms with Gasteiger partial charge in [0.2, 0.25) is 5.24 Å². The van der Waals surface area contributed by atoms with Gasteiger partial charge in [-0.15, -0.1) is 17.3 Å². The lowest BCUT2D eigenvalue weighted by Crippen LogP contribution is -2.01. The van der Waals surface area contributed by atoms with Gasteiger partial charge in [0, 0.05) is 39.5 Å². The van der Waals surface area contributed by atoms with E-state index in [1.165, 1.54) is 15.6 Å². The van der Waals surface area contributed by atoms with E-state index in [-0.39, 0.29) is 17.6 Å². The Kier molecular flexibility index (Phi) is 6.90. The molecule has 0 unspecified atom stereocenters. The van der Waals surface area contributed by atoms with E-state index in [2.05, 4.69) is 46.5 Å². The molecule has 5 heteroatoms. The highest BCUT2D eigenvalue weighted by atomic mass is 35.5. The van der Waals surface area contributed by atoms with Crippen LogP contribution in [0.4, 0.5) is 0 Å². The van der Waals surface area contributed by atoms with Crippen LogP contribution in [0.2, 0.25) is 0 Å². The number of halogens is 1.